The third-order valence-electron chi connectivity index (χ3n) is 8.20. The van der Waals surface area contributed by atoms with Gasteiger partial charge in [-0.05, 0) is 56.5 Å². The number of nitrogens with zero attached hydrogens (tertiary/aromatic N) is 6. The quantitative estimate of drug-likeness (QED) is 0.326. The van der Waals surface area contributed by atoms with Crippen molar-refractivity contribution in [3.63, 3.8) is 0 Å². The molecule has 6 rings (SSSR count). The van der Waals surface area contributed by atoms with Gasteiger partial charge >= 0.3 is 0 Å². The Morgan fingerprint density at radius 3 is 2.90 bits per heavy atom. The predicted octanol–water partition coefficient (Wildman–Crippen LogP) is 3.94. The Balaban J connectivity index is 1.07. The van der Waals surface area contributed by atoms with E-state index in [1.807, 2.05) is 29.2 Å². The Hall–Kier alpha value is -3.41. The van der Waals surface area contributed by atoms with Crippen LogP contribution in [0.4, 0.5) is 8.78 Å². The number of piperidine rings is 1. The summed E-state index contributed by atoms with van der Waals surface area (Å²) in [7, 11) is 0. The largest absolute Gasteiger partial charge is 0.487 e. The number of rotatable bonds is 9. The Morgan fingerprint density at radius 2 is 2.10 bits per heavy atom. The number of benzene rings is 1. The van der Waals surface area contributed by atoms with Gasteiger partial charge in [-0.25, -0.2) is 18.7 Å². The van der Waals surface area contributed by atoms with Gasteiger partial charge in [0.25, 0.3) is 0 Å². The van der Waals surface area contributed by atoms with Crippen molar-refractivity contribution < 1.29 is 13.5 Å². The normalized spacial score (nSPS) is 23.1. The number of alkyl halides is 1. The average molecular weight is 551 g/mol. The number of ether oxygens (including phenoxy) is 1. The summed E-state index contributed by atoms with van der Waals surface area (Å²) in [4.78, 5) is 16.2. The van der Waals surface area contributed by atoms with E-state index in [4.69, 9.17) is 10.5 Å². The molecule has 4 atom stereocenters. The first-order chi connectivity index (χ1) is 19.5. The van der Waals surface area contributed by atoms with E-state index in [0.717, 1.165) is 47.2 Å². The van der Waals surface area contributed by atoms with E-state index < -0.39 is 12.3 Å². The summed E-state index contributed by atoms with van der Waals surface area (Å²) >= 11 is 0. The van der Waals surface area contributed by atoms with E-state index in [1.54, 1.807) is 12.3 Å². The molecule has 0 aliphatic carbocycles. The summed E-state index contributed by atoms with van der Waals surface area (Å²) in [6, 6.07) is 7.06. The third kappa shape index (κ3) is 5.72. The molecule has 2 saturated heterocycles. The highest BCUT2D eigenvalue weighted by Crippen LogP contribution is 2.28. The minimum Gasteiger partial charge on any atom is -0.487 e. The molecule has 0 amide bonds. The molecule has 3 unspecified atom stereocenters. The maximum atomic E-state index is 15.3. The van der Waals surface area contributed by atoms with Crippen molar-refractivity contribution in [3.05, 3.63) is 60.6 Å². The molecular weight excluding hydrogens is 514 g/mol. The van der Waals surface area contributed by atoms with Crippen molar-refractivity contribution in [2.45, 2.75) is 57.1 Å². The van der Waals surface area contributed by atoms with Crippen LogP contribution < -0.4 is 10.5 Å². The molecule has 3 aromatic heterocycles. The lowest BCUT2D eigenvalue weighted by Gasteiger charge is -2.36. The summed E-state index contributed by atoms with van der Waals surface area (Å²) in [5.74, 6) is 0.0453. The third-order valence-corrected chi connectivity index (χ3v) is 8.20. The van der Waals surface area contributed by atoms with Crippen LogP contribution in [-0.2, 0) is 6.54 Å². The number of H-pyrrole nitrogens is 1. The molecule has 2 aliphatic heterocycles. The number of hydrogen-bond acceptors (Lipinski definition) is 7. The number of aromatic nitrogens is 5. The summed E-state index contributed by atoms with van der Waals surface area (Å²) in [6.45, 7) is 5.68. The number of likely N-dealkylation sites (tertiary alicyclic amines) is 2. The molecule has 11 heteroatoms. The topological polar surface area (TPSA) is 101 Å². The first-order valence-electron chi connectivity index (χ1n) is 14.1. The molecule has 2 fully saturated rings. The Morgan fingerprint density at radius 1 is 1.20 bits per heavy atom. The van der Waals surface area contributed by atoms with Gasteiger partial charge in [0.15, 0.2) is 0 Å². The van der Waals surface area contributed by atoms with Gasteiger partial charge in [0.2, 0.25) is 0 Å². The fourth-order valence-corrected chi connectivity index (χ4v) is 5.99. The van der Waals surface area contributed by atoms with Crippen LogP contribution in [-0.4, -0.2) is 85.6 Å². The van der Waals surface area contributed by atoms with E-state index in [2.05, 4.69) is 36.8 Å². The average Bonchev–Trinajstić information content (AvgIpc) is 3.70. The minimum absolute atomic E-state index is 0.124. The molecule has 0 saturated carbocycles. The van der Waals surface area contributed by atoms with Crippen molar-refractivity contribution >= 4 is 11.0 Å². The SMILES string of the molecule is C[C@H]1CCCN1Cc1cc(F)cc(OC2CCN(CC(CN)n3cc(-c4ncnc5[nH]ccc45)cn3)CC2F)c1. The number of aromatic amines is 1. The number of halogens is 2. The van der Waals surface area contributed by atoms with Crippen LogP contribution in [0.15, 0.2) is 49.2 Å². The van der Waals surface area contributed by atoms with Crippen LogP contribution in [0.3, 0.4) is 0 Å². The van der Waals surface area contributed by atoms with Gasteiger partial charge in [0.1, 0.15) is 35.8 Å². The van der Waals surface area contributed by atoms with Gasteiger partial charge in [-0.15, -0.1) is 0 Å². The molecule has 0 bridgehead atoms. The van der Waals surface area contributed by atoms with Gasteiger partial charge in [-0.2, -0.15) is 5.10 Å². The highest BCUT2D eigenvalue weighted by atomic mass is 19.1. The summed E-state index contributed by atoms with van der Waals surface area (Å²) in [5, 5.41) is 5.47. The lowest BCUT2D eigenvalue weighted by Crippen LogP contribution is -2.49. The minimum atomic E-state index is -1.20. The number of hydrogen-bond donors (Lipinski definition) is 2. The Labute approximate surface area is 232 Å². The van der Waals surface area contributed by atoms with Crippen LogP contribution in [0, 0.1) is 5.82 Å². The van der Waals surface area contributed by atoms with E-state index in [9.17, 15) is 4.39 Å². The van der Waals surface area contributed by atoms with Crippen LogP contribution in [0.5, 0.6) is 5.75 Å². The second-order valence-electron chi connectivity index (χ2n) is 11.0. The van der Waals surface area contributed by atoms with Crippen molar-refractivity contribution in [1.29, 1.82) is 0 Å². The molecular formula is C29H36F2N8O. The van der Waals surface area contributed by atoms with Gasteiger partial charge in [0.05, 0.1) is 17.9 Å². The molecule has 2 aliphatic rings. The smallest absolute Gasteiger partial charge is 0.149 e. The maximum absolute atomic E-state index is 15.3. The lowest BCUT2D eigenvalue weighted by atomic mass is 10.0. The maximum Gasteiger partial charge on any atom is 0.149 e. The van der Waals surface area contributed by atoms with Crippen LogP contribution in [0.2, 0.25) is 0 Å². The van der Waals surface area contributed by atoms with Gasteiger partial charge in [-0.3, -0.25) is 14.5 Å². The summed E-state index contributed by atoms with van der Waals surface area (Å²) < 4.78 is 37.6. The Kier molecular flexibility index (Phi) is 7.77. The lowest BCUT2D eigenvalue weighted by molar-refractivity contribution is 0.0169. The van der Waals surface area contributed by atoms with E-state index >= 15 is 4.39 Å². The first-order valence-corrected chi connectivity index (χ1v) is 14.1. The first kappa shape index (κ1) is 26.8. The molecule has 9 nitrogen and oxygen atoms in total. The zero-order chi connectivity index (χ0) is 27.6. The number of fused-ring (bicyclic) bond motifs is 1. The van der Waals surface area contributed by atoms with Crippen molar-refractivity contribution in [2.24, 2.45) is 5.73 Å². The molecule has 5 heterocycles. The fraction of sp³-hybridized carbons (Fsp3) is 0.483. The van der Waals surface area contributed by atoms with Gasteiger partial charge < -0.3 is 15.5 Å². The summed E-state index contributed by atoms with van der Waals surface area (Å²) in [6.07, 6.45) is 8.06. The predicted molar refractivity (Wildman–Crippen MR) is 149 cm³/mol. The van der Waals surface area contributed by atoms with E-state index in [0.29, 0.717) is 44.4 Å². The standard InChI is InChI=1S/C29H36F2N8O/c1-19-3-2-7-38(19)14-20-9-22(30)11-24(10-20)40-27-5-8-37(17-26(27)31)16-23(12-32)39-15-21(13-36-39)28-25-4-6-33-29(25)35-18-34-28/h4,6,9-11,13,15,18-19,23,26-27H,2-3,5,7-8,12,14,16-17,32H2,1H3,(H,33,34,35)/t19-,23?,26?,27?/m0/s1. The molecule has 40 heavy (non-hydrogen) atoms. The van der Waals surface area contributed by atoms with Crippen LogP contribution in [0.25, 0.3) is 22.3 Å². The number of nitrogens with two attached hydrogens (primary N) is 1. The molecule has 4 aromatic rings. The van der Waals surface area contributed by atoms with Gasteiger partial charge in [-0.1, -0.05) is 0 Å². The molecule has 212 valence electrons. The highest BCUT2D eigenvalue weighted by Gasteiger charge is 2.32. The van der Waals surface area contributed by atoms with Crippen molar-refractivity contribution in [1.82, 2.24) is 34.5 Å². The van der Waals surface area contributed by atoms with Crippen molar-refractivity contribution in [3.8, 4) is 17.0 Å². The van der Waals surface area contributed by atoms with Gasteiger partial charge in [0, 0.05) is 68.2 Å². The molecule has 0 radical (unpaired) electrons. The summed E-state index contributed by atoms with van der Waals surface area (Å²) in [5.41, 5.74) is 9.42. The van der Waals surface area contributed by atoms with Crippen molar-refractivity contribution in [2.75, 3.05) is 32.7 Å². The zero-order valence-electron chi connectivity index (χ0n) is 22.7. The zero-order valence-corrected chi connectivity index (χ0v) is 22.7. The van der Waals surface area contributed by atoms with E-state index in [-0.39, 0.29) is 18.4 Å². The molecule has 3 N–H and O–H groups in total. The van der Waals surface area contributed by atoms with Crippen LogP contribution in [0.1, 0.15) is 37.8 Å². The number of nitrogens with one attached hydrogen (secondary N) is 1. The van der Waals surface area contributed by atoms with E-state index in [1.165, 1.54) is 12.4 Å². The monoisotopic (exact) mass is 550 g/mol. The van der Waals surface area contributed by atoms with Crippen LogP contribution >= 0.6 is 0 Å². The molecule has 1 aromatic carbocycles. The fourth-order valence-electron chi connectivity index (χ4n) is 5.99. The second-order valence-corrected chi connectivity index (χ2v) is 11.0. The molecule has 0 spiro atoms. The second kappa shape index (κ2) is 11.6. The highest BCUT2D eigenvalue weighted by molar-refractivity contribution is 5.89. The Bertz CT molecular complexity index is 1440.